The van der Waals surface area contributed by atoms with E-state index in [1.807, 2.05) is 0 Å². The number of carboxylic acids is 1. The summed E-state index contributed by atoms with van der Waals surface area (Å²) in [4.78, 5) is 28.8. The molecule has 1 unspecified atom stereocenters. The van der Waals surface area contributed by atoms with Gasteiger partial charge in [0.2, 0.25) is 17.5 Å². The Kier molecular flexibility index (Phi) is 4.32. The minimum absolute atomic E-state index is 0.0857. The number of nitrogens with zero attached hydrogens (tertiary/aromatic N) is 3. The normalized spacial score (nSPS) is 23.1. The number of carbonyl (C=O) groups is 2. The van der Waals surface area contributed by atoms with Crippen LogP contribution in [0.3, 0.4) is 0 Å². The molecule has 6 N–H and O–H groups in total. The second-order valence-corrected chi connectivity index (χ2v) is 7.46. The molecule has 9 nitrogen and oxygen atoms in total. The highest BCUT2D eigenvalue weighted by molar-refractivity contribution is 8.01. The first-order chi connectivity index (χ1) is 11.3. The summed E-state index contributed by atoms with van der Waals surface area (Å²) in [7, 11) is 1.74. The van der Waals surface area contributed by atoms with Crippen LogP contribution >= 0.6 is 23.5 Å². The number of thioether (sulfide) groups is 2. The van der Waals surface area contributed by atoms with Crippen LogP contribution in [-0.4, -0.2) is 44.7 Å². The first-order valence-corrected chi connectivity index (χ1v) is 9.03. The van der Waals surface area contributed by atoms with Crippen molar-refractivity contribution in [3.8, 4) is 0 Å². The average Bonchev–Trinajstić information content (AvgIpc) is 2.54. The van der Waals surface area contributed by atoms with E-state index < -0.39 is 17.9 Å². The Morgan fingerprint density at radius 2 is 2.29 bits per heavy atom. The molecule has 24 heavy (non-hydrogen) atoms. The number of aliphatic carboxylic acids is 1. The van der Waals surface area contributed by atoms with E-state index in [2.05, 4.69) is 4.98 Å². The van der Waals surface area contributed by atoms with Crippen molar-refractivity contribution in [1.82, 2.24) is 9.88 Å². The lowest BCUT2D eigenvalue weighted by Gasteiger charge is -2.49. The van der Waals surface area contributed by atoms with Gasteiger partial charge in [-0.15, -0.1) is 11.8 Å². The number of aromatic nitrogens is 2. The third-order valence-corrected chi connectivity index (χ3v) is 6.33. The SMILES string of the molecule is C[n+]1c(N)cc(N)nc1SCC1=C(C(=O)[O-])N2C(=O)C(N)[C@H]2SC1. The van der Waals surface area contributed by atoms with E-state index in [1.165, 1.54) is 34.5 Å². The Balaban J connectivity index is 1.86. The molecule has 0 spiro atoms. The highest BCUT2D eigenvalue weighted by Gasteiger charge is 2.50. The second-order valence-electron chi connectivity index (χ2n) is 5.41. The van der Waals surface area contributed by atoms with Crippen LogP contribution in [0.2, 0.25) is 0 Å². The summed E-state index contributed by atoms with van der Waals surface area (Å²) < 4.78 is 1.66. The number of anilines is 2. The molecule has 1 aromatic heterocycles. The molecule has 0 aliphatic carbocycles. The minimum Gasteiger partial charge on any atom is -0.543 e. The van der Waals surface area contributed by atoms with Crippen LogP contribution in [0, 0.1) is 0 Å². The number of hydrogen-bond acceptors (Lipinski definition) is 9. The molecule has 3 rings (SSSR count). The molecule has 2 aliphatic rings. The van der Waals surface area contributed by atoms with E-state index in [0.717, 1.165) is 0 Å². The van der Waals surface area contributed by atoms with Crippen LogP contribution in [0.1, 0.15) is 0 Å². The fraction of sp³-hybridized carbons (Fsp3) is 0.385. The third-order valence-electron chi connectivity index (χ3n) is 3.85. The minimum atomic E-state index is -1.37. The van der Waals surface area contributed by atoms with Gasteiger partial charge in [-0.1, -0.05) is 4.98 Å². The summed E-state index contributed by atoms with van der Waals surface area (Å²) in [6.45, 7) is 0. The molecule has 2 aliphatic heterocycles. The average molecular weight is 368 g/mol. The molecule has 2 atom stereocenters. The van der Waals surface area contributed by atoms with Crippen LogP contribution in [0.5, 0.6) is 0 Å². The summed E-state index contributed by atoms with van der Waals surface area (Å²) in [5.41, 5.74) is 17.7. The van der Waals surface area contributed by atoms with Gasteiger partial charge in [-0.25, -0.2) is 4.57 Å². The standard InChI is InChI=1S/C13H16N6O3S2/c1-18-7(15)2-6(14)17-13(18)24-4-5-3-23-11-8(16)10(20)19(11)9(5)12(21)22/h2,8,11H,3-4,16H2,1H3,(H4,14,15,21,22)/t8?,11-/m1/s1. The first-order valence-electron chi connectivity index (χ1n) is 6.99. The van der Waals surface area contributed by atoms with Crippen molar-refractivity contribution in [3.63, 3.8) is 0 Å². The molecule has 11 heteroatoms. The van der Waals surface area contributed by atoms with Crippen molar-refractivity contribution in [2.75, 3.05) is 23.0 Å². The predicted molar refractivity (Wildman–Crippen MR) is 88.1 cm³/mol. The van der Waals surface area contributed by atoms with Gasteiger partial charge < -0.3 is 27.1 Å². The van der Waals surface area contributed by atoms with Gasteiger partial charge in [-0.2, -0.15) is 0 Å². The number of amides is 1. The second kappa shape index (κ2) is 6.15. The van der Waals surface area contributed by atoms with Gasteiger partial charge in [0, 0.05) is 11.5 Å². The van der Waals surface area contributed by atoms with Gasteiger partial charge >= 0.3 is 5.16 Å². The highest BCUT2D eigenvalue weighted by Crippen LogP contribution is 2.40. The number of β-lactam (4-membered cyclic amide) rings is 1. The molecule has 1 amide bonds. The fourth-order valence-electron chi connectivity index (χ4n) is 2.54. The summed E-state index contributed by atoms with van der Waals surface area (Å²) in [5.74, 6) is -0.261. The van der Waals surface area contributed by atoms with Crippen molar-refractivity contribution < 1.29 is 19.3 Å². The predicted octanol–water partition coefficient (Wildman–Crippen LogP) is -2.59. The van der Waals surface area contributed by atoms with Crippen molar-refractivity contribution >= 4 is 47.0 Å². The van der Waals surface area contributed by atoms with Crippen LogP contribution in [0.4, 0.5) is 11.6 Å². The number of carbonyl (C=O) groups excluding carboxylic acids is 2. The van der Waals surface area contributed by atoms with E-state index in [0.29, 0.717) is 28.1 Å². The molecule has 0 bridgehead atoms. The lowest BCUT2D eigenvalue weighted by Crippen LogP contribution is -2.69. The molecule has 128 valence electrons. The number of fused-ring (bicyclic) bond motifs is 1. The van der Waals surface area contributed by atoms with Gasteiger partial charge in [-0.3, -0.25) is 9.69 Å². The molecule has 1 saturated heterocycles. The maximum atomic E-state index is 11.9. The molecule has 0 saturated carbocycles. The summed E-state index contributed by atoms with van der Waals surface area (Å²) in [5, 5.41) is 11.7. The smallest absolute Gasteiger partial charge is 0.301 e. The Morgan fingerprint density at radius 1 is 1.58 bits per heavy atom. The Hall–Kier alpha value is -1.98. The Morgan fingerprint density at radius 3 is 2.96 bits per heavy atom. The lowest BCUT2D eigenvalue weighted by atomic mass is 10.0. The van der Waals surface area contributed by atoms with E-state index >= 15 is 0 Å². The maximum Gasteiger partial charge on any atom is 0.301 e. The Labute approximate surface area is 146 Å². The van der Waals surface area contributed by atoms with E-state index in [1.54, 1.807) is 11.6 Å². The zero-order valence-corrected chi connectivity index (χ0v) is 14.4. The molecular weight excluding hydrogens is 352 g/mol. The van der Waals surface area contributed by atoms with Gasteiger partial charge in [0.05, 0.1) is 24.8 Å². The monoisotopic (exact) mass is 368 g/mol. The molecule has 0 radical (unpaired) electrons. The fourth-order valence-corrected chi connectivity index (χ4v) is 4.97. The van der Waals surface area contributed by atoms with Crippen LogP contribution in [0.25, 0.3) is 0 Å². The van der Waals surface area contributed by atoms with Crippen LogP contribution in [0.15, 0.2) is 22.5 Å². The maximum absolute atomic E-state index is 11.9. The molecule has 3 heterocycles. The van der Waals surface area contributed by atoms with E-state index in [-0.39, 0.29) is 16.9 Å². The topological polar surface area (TPSA) is 155 Å². The largest absolute Gasteiger partial charge is 0.543 e. The van der Waals surface area contributed by atoms with Gasteiger partial charge in [0.1, 0.15) is 11.4 Å². The molecule has 1 fully saturated rings. The quantitative estimate of drug-likeness (QED) is 0.225. The molecule has 0 aromatic carbocycles. The van der Waals surface area contributed by atoms with E-state index in [9.17, 15) is 14.7 Å². The summed E-state index contributed by atoms with van der Waals surface area (Å²) in [6.07, 6.45) is 0. The first kappa shape index (κ1) is 16.9. The lowest BCUT2D eigenvalue weighted by molar-refractivity contribution is -0.698. The van der Waals surface area contributed by atoms with Gasteiger partial charge in [-0.05, 0) is 17.3 Å². The number of carboxylic acid groups (broad SMARTS) is 1. The summed E-state index contributed by atoms with van der Waals surface area (Å²) >= 11 is 2.73. The number of nitrogen functional groups attached to an aromatic ring is 2. The van der Waals surface area contributed by atoms with Gasteiger partial charge in [0.15, 0.2) is 0 Å². The zero-order valence-electron chi connectivity index (χ0n) is 12.8. The van der Waals surface area contributed by atoms with Crippen molar-refractivity contribution in [2.45, 2.75) is 16.6 Å². The van der Waals surface area contributed by atoms with Crippen molar-refractivity contribution in [2.24, 2.45) is 12.8 Å². The summed E-state index contributed by atoms with van der Waals surface area (Å²) in [6, 6.07) is 0.878. The Bertz CT molecular complexity index is 768. The number of rotatable bonds is 4. The van der Waals surface area contributed by atoms with Crippen molar-refractivity contribution in [1.29, 1.82) is 0 Å². The van der Waals surface area contributed by atoms with E-state index in [4.69, 9.17) is 17.2 Å². The highest BCUT2D eigenvalue weighted by atomic mass is 32.2. The number of hydrogen-bond donors (Lipinski definition) is 3. The van der Waals surface area contributed by atoms with Crippen LogP contribution in [-0.2, 0) is 16.6 Å². The molecule has 1 aromatic rings. The van der Waals surface area contributed by atoms with Crippen LogP contribution < -0.4 is 26.9 Å². The third kappa shape index (κ3) is 2.68. The number of nitrogens with two attached hydrogens (primary N) is 3. The molecular formula is C13H16N6O3S2. The zero-order chi connectivity index (χ0) is 17.6. The van der Waals surface area contributed by atoms with Crippen molar-refractivity contribution in [3.05, 3.63) is 17.3 Å². The van der Waals surface area contributed by atoms with Gasteiger partial charge in [0.25, 0.3) is 0 Å².